The molecule has 1 aliphatic rings. The molecule has 2 heterocycles. The highest BCUT2D eigenvalue weighted by Crippen LogP contribution is 2.41. The van der Waals surface area contributed by atoms with E-state index in [1.165, 1.54) is 12.8 Å². The number of benzene rings is 4. The highest BCUT2D eigenvalue weighted by atomic mass is 32.2. The Balaban J connectivity index is 1.54. The van der Waals surface area contributed by atoms with E-state index in [2.05, 4.69) is 105 Å². The first-order valence-electron chi connectivity index (χ1n) is 13.7. The molecule has 6 rings (SSSR count). The lowest BCUT2D eigenvalue weighted by Crippen LogP contribution is -2.31. The van der Waals surface area contributed by atoms with Crippen LogP contribution in [0.5, 0.6) is 5.75 Å². The fraction of sp³-hybridized carbons (Fsp3) is 0.182. The molecule has 8 heteroatoms. The molecular weight excluding hydrogens is 547 g/mol. The number of azo groups is 1. The summed E-state index contributed by atoms with van der Waals surface area (Å²) in [6, 6.07) is 37.4. The third kappa shape index (κ3) is 5.76. The minimum Gasteiger partial charge on any atom is -0.494 e. The average molecular weight is 579 g/mol. The van der Waals surface area contributed by atoms with Crippen molar-refractivity contribution >= 4 is 40.8 Å². The minimum atomic E-state index is 0.693. The minimum absolute atomic E-state index is 0.693. The predicted molar refractivity (Wildman–Crippen MR) is 168 cm³/mol. The van der Waals surface area contributed by atoms with E-state index < -0.39 is 0 Å². The van der Waals surface area contributed by atoms with Crippen LogP contribution < -0.4 is 14.2 Å². The van der Waals surface area contributed by atoms with Gasteiger partial charge >= 0.3 is 5.95 Å². The smallest absolute Gasteiger partial charge is 0.433 e. The Labute approximate surface area is 249 Å². The van der Waals surface area contributed by atoms with E-state index in [4.69, 9.17) is 15.0 Å². The van der Waals surface area contributed by atoms with Gasteiger partial charge in [0.1, 0.15) is 22.8 Å². The van der Waals surface area contributed by atoms with E-state index in [9.17, 15) is 0 Å². The van der Waals surface area contributed by atoms with Crippen molar-refractivity contribution in [3.8, 4) is 17.1 Å². The highest BCUT2D eigenvalue weighted by molar-refractivity contribution is 8.01. The largest absolute Gasteiger partial charge is 0.494 e. The molecule has 4 aromatic carbocycles. The van der Waals surface area contributed by atoms with Gasteiger partial charge in [0.05, 0.1) is 7.11 Å². The molecule has 0 saturated carbocycles. The fourth-order valence-corrected chi connectivity index (χ4v) is 7.05. The molecule has 1 saturated heterocycles. The topological polar surface area (TPSA) is 46.0 Å². The van der Waals surface area contributed by atoms with E-state index in [0.717, 1.165) is 45.1 Å². The van der Waals surface area contributed by atoms with Crippen molar-refractivity contribution in [3.05, 3.63) is 109 Å². The van der Waals surface area contributed by atoms with Gasteiger partial charge in [0.15, 0.2) is 10.1 Å². The quantitative estimate of drug-likeness (QED) is 0.0998. The van der Waals surface area contributed by atoms with Crippen molar-refractivity contribution in [2.45, 2.75) is 27.8 Å². The van der Waals surface area contributed by atoms with E-state index in [0.29, 0.717) is 17.4 Å². The maximum Gasteiger partial charge on any atom is 0.433 e. The molecule has 0 aliphatic carbocycles. The molecule has 0 unspecified atom stereocenters. The molecule has 0 amide bonds. The zero-order valence-corrected chi connectivity index (χ0v) is 24.8. The number of anilines is 1. The number of aromatic nitrogens is 2. The second-order valence-corrected chi connectivity index (χ2v) is 11.5. The van der Waals surface area contributed by atoms with Gasteiger partial charge in [-0.05, 0) is 67.6 Å². The van der Waals surface area contributed by atoms with Crippen LogP contribution in [0.2, 0.25) is 0 Å². The van der Waals surface area contributed by atoms with Gasteiger partial charge < -0.3 is 9.64 Å². The zero-order valence-electron chi connectivity index (χ0n) is 23.2. The molecule has 0 spiro atoms. The van der Waals surface area contributed by atoms with E-state index in [-0.39, 0.29) is 0 Å². The van der Waals surface area contributed by atoms with Crippen LogP contribution in [0.15, 0.2) is 134 Å². The lowest BCUT2D eigenvalue weighted by molar-refractivity contribution is -0.622. The second kappa shape index (κ2) is 12.7. The van der Waals surface area contributed by atoms with Gasteiger partial charge in [0, 0.05) is 34.9 Å². The summed E-state index contributed by atoms with van der Waals surface area (Å²) in [4.78, 5) is 3.55. The number of thioether (sulfide) groups is 1. The van der Waals surface area contributed by atoms with Crippen LogP contribution >= 0.6 is 23.5 Å². The van der Waals surface area contributed by atoms with E-state index in [1.54, 1.807) is 30.6 Å². The number of nitrogens with zero attached hydrogens (tertiary/aromatic N) is 5. The number of hydrogen-bond acceptors (Lipinski definition) is 6. The van der Waals surface area contributed by atoms with Gasteiger partial charge in [-0.15, -0.1) is 0 Å². The van der Waals surface area contributed by atoms with Gasteiger partial charge in [-0.2, -0.15) is 9.13 Å². The molecule has 6 nitrogen and oxygen atoms in total. The molecule has 0 bridgehead atoms. The third-order valence-corrected chi connectivity index (χ3v) is 9.02. The number of rotatable bonds is 9. The third-order valence-electron chi connectivity index (χ3n) is 7.05. The summed E-state index contributed by atoms with van der Waals surface area (Å²) in [7, 11) is 1.69. The predicted octanol–water partition coefficient (Wildman–Crippen LogP) is 8.65. The summed E-state index contributed by atoms with van der Waals surface area (Å²) in [6.45, 7) is 2.15. The molecular formula is C33H32N5OS2+. The van der Waals surface area contributed by atoms with Crippen molar-refractivity contribution in [1.29, 1.82) is 0 Å². The van der Waals surface area contributed by atoms with Gasteiger partial charge in [0.2, 0.25) is 0 Å². The lowest BCUT2D eigenvalue weighted by Gasteiger charge is -2.18. The Hall–Kier alpha value is -4.01. The molecule has 1 aliphatic heterocycles. The Kier molecular flexibility index (Phi) is 8.39. The van der Waals surface area contributed by atoms with Gasteiger partial charge in [-0.1, -0.05) is 83.2 Å². The summed E-state index contributed by atoms with van der Waals surface area (Å²) in [5.41, 5.74) is 3.89. The van der Waals surface area contributed by atoms with E-state index >= 15 is 0 Å². The Morgan fingerprint density at radius 3 is 2.07 bits per heavy atom. The molecule has 5 aromatic rings. The molecule has 0 atom stereocenters. The summed E-state index contributed by atoms with van der Waals surface area (Å²) in [6.07, 6.45) is 4.56. The number of hydrogen-bond donors (Lipinski definition) is 0. The first kappa shape index (κ1) is 27.2. The molecule has 1 fully saturated rings. The van der Waals surface area contributed by atoms with Crippen molar-refractivity contribution in [2.75, 3.05) is 31.4 Å². The summed E-state index contributed by atoms with van der Waals surface area (Å²) < 4.78 is 10.2. The molecule has 0 radical (unpaired) electrons. The molecule has 41 heavy (non-hydrogen) atoms. The Morgan fingerprint density at radius 1 is 0.756 bits per heavy atom. The van der Waals surface area contributed by atoms with Crippen LogP contribution in [0.4, 0.5) is 17.3 Å². The number of imidazole rings is 1. The van der Waals surface area contributed by atoms with Crippen molar-refractivity contribution in [2.24, 2.45) is 10.2 Å². The summed E-state index contributed by atoms with van der Waals surface area (Å²) in [5.74, 6) is 1.42. The van der Waals surface area contributed by atoms with Crippen molar-refractivity contribution < 1.29 is 9.30 Å². The average Bonchev–Trinajstić information content (AvgIpc) is 3.68. The van der Waals surface area contributed by atoms with E-state index in [1.807, 2.05) is 24.3 Å². The fourth-order valence-electron chi connectivity index (χ4n) is 5.07. The zero-order chi connectivity index (χ0) is 28.0. The van der Waals surface area contributed by atoms with Crippen LogP contribution in [0.25, 0.3) is 11.4 Å². The number of para-hydroxylation sites is 2. The first-order valence-corrected chi connectivity index (χ1v) is 15.7. The first-order chi connectivity index (χ1) is 20.3. The van der Waals surface area contributed by atoms with Crippen LogP contribution in [0.1, 0.15) is 12.8 Å². The molecule has 1 aromatic heterocycles. The Morgan fingerprint density at radius 2 is 1.41 bits per heavy atom. The SMILES string of the molecule is COc1cc(N2CCCC2)ccc1N=Nc1n(-c2ccccc2)c(Sc2ccccc2)c(SC)[n+]1-c1ccccc1. The Bertz CT molecular complexity index is 1630. The van der Waals surface area contributed by atoms with Crippen LogP contribution in [0, 0.1) is 0 Å². The van der Waals surface area contributed by atoms with Crippen molar-refractivity contribution in [1.82, 2.24) is 4.57 Å². The normalized spacial score (nSPS) is 13.3. The number of ether oxygens (including phenoxy) is 1. The van der Waals surface area contributed by atoms with Gasteiger partial charge in [-0.25, -0.2) is 0 Å². The van der Waals surface area contributed by atoms with Crippen molar-refractivity contribution in [3.63, 3.8) is 0 Å². The maximum atomic E-state index is 5.79. The summed E-state index contributed by atoms with van der Waals surface area (Å²) in [5, 5.41) is 11.9. The van der Waals surface area contributed by atoms with Crippen LogP contribution in [0.3, 0.4) is 0 Å². The monoisotopic (exact) mass is 578 g/mol. The van der Waals surface area contributed by atoms with Crippen LogP contribution in [-0.2, 0) is 0 Å². The highest BCUT2D eigenvalue weighted by Gasteiger charge is 2.33. The molecule has 0 N–H and O–H groups in total. The van der Waals surface area contributed by atoms with Crippen LogP contribution in [-0.4, -0.2) is 31.0 Å². The van der Waals surface area contributed by atoms with Gasteiger partial charge in [-0.3, -0.25) is 0 Å². The lowest BCUT2D eigenvalue weighted by atomic mass is 10.2. The number of methoxy groups -OCH3 is 1. The second-order valence-electron chi connectivity index (χ2n) is 9.62. The molecule has 206 valence electrons. The van der Waals surface area contributed by atoms with Gasteiger partial charge in [0.25, 0.3) is 0 Å². The summed E-state index contributed by atoms with van der Waals surface area (Å²) >= 11 is 3.43. The standard InChI is InChI=1S/C33H32N5OS2/c1-39-30-24-27(36-22-12-13-23-36)20-21-29(30)34-35-33-37(25-14-6-3-7-15-25)31(40-2)32(41-28-18-10-5-11-19-28)38(33)26-16-8-4-9-17-26/h3-11,14-21,24H,12-13,22-23H2,1-2H3/q+1. The maximum absolute atomic E-state index is 5.79.